The van der Waals surface area contributed by atoms with Gasteiger partial charge >= 0.3 is 0 Å². The van der Waals surface area contributed by atoms with Gasteiger partial charge in [-0.3, -0.25) is 0 Å². The van der Waals surface area contributed by atoms with Crippen molar-refractivity contribution in [3.05, 3.63) is 60.4 Å². The van der Waals surface area contributed by atoms with Crippen LogP contribution in [0.4, 0.5) is 0 Å². The molecule has 0 atom stereocenters. The van der Waals surface area contributed by atoms with Crippen molar-refractivity contribution in [1.29, 1.82) is 0 Å². The Balaban J connectivity index is 1.92. The van der Waals surface area contributed by atoms with Gasteiger partial charge in [-0.2, -0.15) is 0 Å². The fourth-order valence-electron chi connectivity index (χ4n) is 1.33. The molecule has 2 rings (SSSR count). The van der Waals surface area contributed by atoms with Gasteiger partial charge in [-0.15, -0.1) is 6.58 Å². The van der Waals surface area contributed by atoms with Crippen LogP contribution >= 0.6 is 0 Å². The summed E-state index contributed by atoms with van der Waals surface area (Å²) in [5.41, 5.74) is 1.11. The molecule has 0 saturated heterocycles. The lowest BCUT2D eigenvalue weighted by molar-refractivity contribution is 0.266. The highest BCUT2D eigenvalue weighted by atomic mass is 16.5. The third-order valence-corrected chi connectivity index (χ3v) is 2.11. The summed E-state index contributed by atoms with van der Waals surface area (Å²) in [7, 11) is 0. The Morgan fingerprint density at radius 3 is 2.88 bits per heavy atom. The van der Waals surface area contributed by atoms with E-state index in [2.05, 4.69) is 11.7 Å². The Morgan fingerprint density at radius 1 is 1.31 bits per heavy atom. The first-order chi connectivity index (χ1) is 7.88. The fraction of sp³-hybridized carbons (Fsp3) is 0.154. The van der Waals surface area contributed by atoms with Gasteiger partial charge in [0, 0.05) is 12.5 Å². The molecule has 1 aromatic carbocycles. The van der Waals surface area contributed by atoms with E-state index in [0.717, 1.165) is 11.3 Å². The lowest BCUT2D eigenvalue weighted by Gasteiger charge is -2.00. The summed E-state index contributed by atoms with van der Waals surface area (Å²) in [4.78, 5) is 0. The van der Waals surface area contributed by atoms with Crippen LogP contribution in [0.3, 0.4) is 0 Å². The summed E-state index contributed by atoms with van der Waals surface area (Å²) in [6, 6.07) is 11.7. The lowest BCUT2D eigenvalue weighted by atomic mass is 10.2. The number of aromatic nitrogens is 1. The van der Waals surface area contributed by atoms with Gasteiger partial charge in [-0.25, -0.2) is 0 Å². The van der Waals surface area contributed by atoms with Crippen molar-refractivity contribution in [2.45, 2.75) is 13.0 Å². The highest BCUT2D eigenvalue weighted by molar-refractivity contribution is 5.16. The molecule has 16 heavy (non-hydrogen) atoms. The zero-order valence-corrected chi connectivity index (χ0v) is 8.93. The maximum absolute atomic E-state index is 5.48. The smallest absolute Gasteiger partial charge is 0.254 e. The minimum absolute atomic E-state index is 0.501. The second-order valence-electron chi connectivity index (χ2n) is 3.40. The van der Waals surface area contributed by atoms with E-state index in [-0.39, 0.29) is 0 Å². The second-order valence-corrected chi connectivity index (χ2v) is 3.40. The van der Waals surface area contributed by atoms with Crippen molar-refractivity contribution in [3.63, 3.8) is 0 Å². The largest absolute Gasteiger partial charge is 0.471 e. The molecule has 3 heteroatoms. The molecule has 82 valence electrons. The average molecular weight is 215 g/mol. The molecule has 0 N–H and O–H groups in total. The van der Waals surface area contributed by atoms with Crippen LogP contribution in [0.2, 0.25) is 0 Å². The summed E-state index contributed by atoms with van der Waals surface area (Å²) >= 11 is 0. The van der Waals surface area contributed by atoms with Crippen molar-refractivity contribution in [1.82, 2.24) is 5.16 Å². The van der Waals surface area contributed by atoms with E-state index in [1.165, 1.54) is 0 Å². The number of benzene rings is 1. The standard InChI is InChI=1S/C13H13NO2/c1-2-6-12-9-13(14-16-12)15-10-11-7-4-3-5-8-11/h2-5,7-9H,1,6,10H2. The minimum Gasteiger partial charge on any atom is -0.471 e. The summed E-state index contributed by atoms with van der Waals surface area (Å²) in [5, 5.41) is 3.80. The van der Waals surface area contributed by atoms with Gasteiger partial charge < -0.3 is 9.26 Å². The van der Waals surface area contributed by atoms with Gasteiger partial charge in [0.05, 0.1) is 0 Å². The molecule has 1 aromatic heterocycles. The van der Waals surface area contributed by atoms with Crippen LogP contribution < -0.4 is 4.74 Å². The number of ether oxygens (including phenoxy) is 1. The van der Waals surface area contributed by atoms with Gasteiger partial charge in [-0.1, -0.05) is 36.4 Å². The van der Waals surface area contributed by atoms with E-state index < -0.39 is 0 Å². The zero-order chi connectivity index (χ0) is 11.2. The average Bonchev–Trinajstić information content (AvgIpc) is 2.76. The van der Waals surface area contributed by atoms with E-state index >= 15 is 0 Å². The quantitative estimate of drug-likeness (QED) is 0.719. The van der Waals surface area contributed by atoms with E-state index in [4.69, 9.17) is 9.26 Å². The van der Waals surface area contributed by atoms with Gasteiger partial charge in [0.2, 0.25) is 0 Å². The first-order valence-corrected chi connectivity index (χ1v) is 5.11. The van der Waals surface area contributed by atoms with Crippen molar-refractivity contribution in [2.24, 2.45) is 0 Å². The number of hydrogen-bond acceptors (Lipinski definition) is 3. The first-order valence-electron chi connectivity index (χ1n) is 5.11. The fourth-order valence-corrected chi connectivity index (χ4v) is 1.33. The Morgan fingerprint density at radius 2 is 2.12 bits per heavy atom. The van der Waals surface area contributed by atoms with Gasteiger partial charge in [0.15, 0.2) is 0 Å². The van der Waals surface area contributed by atoms with Crippen molar-refractivity contribution in [3.8, 4) is 5.88 Å². The van der Waals surface area contributed by atoms with E-state index in [9.17, 15) is 0 Å². The third kappa shape index (κ3) is 2.73. The van der Waals surface area contributed by atoms with E-state index in [1.807, 2.05) is 30.3 Å². The van der Waals surface area contributed by atoms with Gasteiger partial charge in [0.25, 0.3) is 5.88 Å². The van der Waals surface area contributed by atoms with Gasteiger partial charge in [-0.05, 0) is 10.7 Å². The van der Waals surface area contributed by atoms with Gasteiger partial charge in [0.1, 0.15) is 12.4 Å². The summed E-state index contributed by atoms with van der Waals surface area (Å²) in [5.74, 6) is 1.28. The predicted octanol–water partition coefficient (Wildman–Crippen LogP) is 2.98. The second kappa shape index (κ2) is 5.16. The molecule has 2 aromatic rings. The van der Waals surface area contributed by atoms with Crippen LogP contribution in [0, 0.1) is 0 Å². The Kier molecular flexibility index (Phi) is 3.38. The predicted molar refractivity (Wildman–Crippen MR) is 61.2 cm³/mol. The van der Waals surface area contributed by atoms with E-state index in [0.29, 0.717) is 18.9 Å². The minimum atomic E-state index is 0.501. The first kappa shape index (κ1) is 10.5. The molecule has 0 spiro atoms. The highest BCUT2D eigenvalue weighted by Gasteiger charge is 2.03. The lowest BCUT2D eigenvalue weighted by Crippen LogP contribution is -1.94. The van der Waals surface area contributed by atoms with Crippen LogP contribution in [0.1, 0.15) is 11.3 Å². The van der Waals surface area contributed by atoms with Crippen LogP contribution in [-0.4, -0.2) is 5.16 Å². The molecule has 0 saturated carbocycles. The summed E-state index contributed by atoms with van der Waals surface area (Å²) in [6.07, 6.45) is 2.43. The summed E-state index contributed by atoms with van der Waals surface area (Å²) in [6.45, 7) is 4.13. The Labute approximate surface area is 94.3 Å². The molecule has 0 aliphatic rings. The maximum atomic E-state index is 5.48. The molecular formula is C13H13NO2. The summed E-state index contributed by atoms with van der Waals surface area (Å²) < 4.78 is 10.5. The number of hydrogen-bond donors (Lipinski definition) is 0. The number of rotatable bonds is 5. The Hall–Kier alpha value is -2.03. The van der Waals surface area contributed by atoms with Crippen LogP contribution in [0.25, 0.3) is 0 Å². The number of allylic oxidation sites excluding steroid dienone is 1. The molecular weight excluding hydrogens is 202 g/mol. The molecule has 0 aliphatic carbocycles. The highest BCUT2D eigenvalue weighted by Crippen LogP contribution is 2.13. The van der Waals surface area contributed by atoms with Crippen molar-refractivity contribution < 1.29 is 9.26 Å². The molecule has 0 amide bonds. The molecule has 0 radical (unpaired) electrons. The topological polar surface area (TPSA) is 35.3 Å². The van der Waals surface area contributed by atoms with Crippen LogP contribution in [-0.2, 0) is 13.0 Å². The zero-order valence-electron chi connectivity index (χ0n) is 8.93. The van der Waals surface area contributed by atoms with Crippen molar-refractivity contribution in [2.75, 3.05) is 0 Å². The van der Waals surface area contributed by atoms with E-state index in [1.54, 1.807) is 12.1 Å². The molecule has 3 nitrogen and oxygen atoms in total. The molecule has 0 fully saturated rings. The SMILES string of the molecule is C=CCc1cc(OCc2ccccc2)no1. The Bertz CT molecular complexity index is 448. The number of nitrogens with zero attached hydrogens (tertiary/aromatic N) is 1. The molecule has 0 unspecified atom stereocenters. The normalized spacial score (nSPS) is 10.0. The maximum Gasteiger partial charge on any atom is 0.254 e. The van der Waals surface area contributed by atoms with Crippen molar-refractivity contribution >= 4 is 0 Å². The molecule has 0 bridgehead atoms. The van der Waals surface area contributed by atoms with Crippen LogP contribution in [0.15, 0.2) is 53.6 Å². The monoisotopic (exact) mass is 215 g/mol. The third-order valence-electron chi connectivity index (χ3n) is 2.11. The molecule has 0 aliphatic heterocycles. The molecule has 1 heterocycles. The van der Waals surface area contributed by atoms with Crippen LogP contribution in [0.5, 0.6) is 5.88 Å².